The Kier molecular flexibility index (Phi) is 2.63. The van der Waals surface area contributed by atoms with E-state index in [-0.39, 0.29) is 0 Å². The molecule has 3 aliphatic rings. The summed E-state index contributed by atoms with van der Waals surface area (Å²) < 4.78 is 2.50. The van der Waals surface area contributed by atoms with E-state index in [1.165, 1.54) is 25.9 Å². The first-order chi connectivity index (χ1) is 5.68. The Labute approximate surface area is 88.8 Å². The van der Waals surface area contributed by atoms with Gasteiger partial charge in [0.15, 0.2) is 0 Å². The second-order valence-electron chi connectivity index (χ2n) is 4.26. The van der Waals surface area contributed by atoms with Crippen LogP contribution in [0.5, 0.6) is 0 Å². The highest BCUT2D eigenvalue weighted by atomic mass is 127. The second kappa shape index (κ2) is 3.42. The Morgan fingerprint density at radius 1 is 1.17 bits per heavy atom. The minimum atomic E-state index is 0.739. The maximum Gasteiger partial charge on any atom is 0.0323 e. The van der Waals surface area contributed by atoms with Crippen molar-refractivity contribution in [3.63, 3.8) is 0 Å². The van der Waals surface area contributed by atoms with Gasteiger partial charge in [0.25, 0.3) is 0 Å². The monoisotopic (exact) mass is 280 g/mol. The SMILES string of the molecule is CC(C)N1CC2CCC1CN2I. The fourth-order valence-corrected chi connectivity index (χ4v) is 3.35. The molecule has 3 saturated heterocycles. The van der Waals surface area contributed by atoms with Crippen LogP contribution in [0.3, 0.4) is 0 Å². The zero-order chi connectivity index (χ0) is 8.72. The van der Waals surface area contributed by atoms with Crippen LogP contribution < -0.4 is 0 Å². The lowest BCUT2D eigenvalue weighted by Gasteiger charge is -2.50. The summed E-state index contributed by atoms with van der Waals surface area (Å²) in [4.78, 5) is 2.67. The maximum absolute atomic E-state index is 2.67. The molecular weight excluding hydrogens is 263 g/mol. The van der Waals surface area contributed by atoms with Crippen molar-refractivity contribution in [3.05, 3.63) is 0 Å². The summed E-state index contributed by atoms with van der Waals surface area (Å²) >= 11 is 2.49. The van der Waals surface area contributed by atoms with Crippen LogP contribution in [-0.2, 0) is 0 Å². The molecule has 2 nitrogen and oxygen atoms in total. The largest absolute Gasteiger partial charge is 0.295 e. The summed E-state index contributed by atoms with van der Waals surface area (Å²) in [6.07, 6.45) is 2.83. The van der Waals surface area contributed by atoms with Gasteiger partial charge in [0.2, 0.25) is 0 Å². The van der Waals surface area contributed by atoms with E-state index in [2.05, 4.69) is 44.7 Å². The van der Waals surface area contributed by atoms with E-state index in [4.69, 9.17) is 0 Å². The van der Waals surface area contributed by atoms with E-state index >= 15 is 0 Å². The molecule has 0 aromatic carbocycles. The molecule has 70 valence electrons. The Balaban J connectivity index is 2.05. The third-order valence-corrected chi connectivity index (χ3v) is 4.35. The van der Waals surface area contributed by atoms with Gasteiger partial charge in [-0.25, -0.2) is 3.11 Å². The molecule has 3 aliphatic heterocycles. The predicted molar refractivity (Wildman–Crippen MR) is 59.4 cm³/mol. The van der Waals surface area contributed by atoms with E-state index in [1.54, 1.807) is 0 Å². The van der Waals surface area contributed by atoms with Crippen LogP contribution in [0.1, 0.15) is 26.7 Å². The van der Waals surface area contributed by atoms with Gasteiger partial charge in [-0.15, -0.1) is 0 Å². The van der Waals surface area contributed by atoms with Crippen LogP contribution in [0.4, 0.5) is 0 Å². The highest BCUT2D eigenvalue weighted by molar-refractivity contribution is 14.1. The zero-order valence-corrected chi connectivity index (χ0v) is 9.99. The molecule has 0 N–H and O–H groups in total. The van der Waals surface area contributed by atoms with Crippen molar-refractivity contribution in [3.8, 4) is 0 Å². The number of hydrogen-bond donors (Lipinski definition) is 0. The fraction of sp³-hybridized carbons (Fsp3) is 1.00. The van der Waals surface area contributed by atoms with Gasteiger partial charge >= 0.3 is 0 Å². The molecule has 2 atom stereocenters. The first-order valence-corrected chi connectivity index (χ1v) is 5.83. The van der Waals surface area contributed by atoms with E-state index in [0.29, 0.717) is 0 Å². The van der Waals surface area contributed by atoms with Crippen molar-refractivity contribution in [2.75, 3.05) is 13.1 Å². The standard InChI is InChI=1S/C9H17IN2/c1-7(2)11-5-9-4-3-8(11)6-12(9)10/h7-9H,3-6H2,1-2H3. The number of rotatable bonds is 1. The van der Waals surface area contributed by atoms with Crippen molar-refractivity contribution in [1.29, 1.82) is 0 Å². The Morgan fingerprint density at radius 3 is 2.25 bits per heavy atom. The fourth-order valence-electron chi connectivity index (χ4n) is 2.44. The maximum atomic E-state index is 2.67. The number of hydrogen-bond acceptors (Lipinski definition) is 2. The number of fused-ring (bicyclic) bond motifs is 3. The van der Waals surface area contributed by atoms with Gasteiger partial charge in [-0.1, -0.05) is 0 Å². The predicted octanol–water partition coefficient (Wildman–Crippen LogP) is 1.89. The van der Waals surface area contributed by atoms with Crippen LogP contribution in [0.25, 0.3) is 0 Å². The molecule has 0 spiro atoms. The molecule has 0 aliphatic carbocycles. The van der Waals surface area contributed by atoms with Crippen molar-refractivity contribution >= 4 is 22.9 Å². The molecule has 0 amide bonds. The molecule has 0 aromatic rings. The molecule has 3 heteroatoms. The second-order valence-corrected chi connectivity index (χ2v) is 5.50. The van der Waals surface area contributed by atoms with Crippen LogP contribution >= 0.6 is 22.9 Å². The lowest BCUT2D eigenvalue weighted by atomic mass is 9.92. The molecule has 3 heterocycles. The lowest BCUT2D eigenvalue weighted by Crippen LogP contribution is -2.61. The number of piperazine rings is 1. The molecule has 0 saturated carbocycles. The summed E-state index contributed by atoms with van der Waals surface area (Å²) in [5.41, 5.74) is 0. The van der Waals surface area contributed by atoms with E-state index in [0.717, 1.165) is 18.1 Å². The molecule has 2 bridgehead atoms. The molecule has 3 rings (SSSR count). The lowest BCUT2D eigenvalue weighted by molar-refractivity contribution is 0.0158. The molecule has 3 fully saturated rings. The van der Waals surface area contributed by atoms with Crippen LogP contribution in [-0.4, -0.2) is 39.2 Å². The minimum Gasteiger partial charge on any atom is -0.295 e. The van der Waals surface area contributed by atoms with Crippen LogP contribution in [0.2, 0.25) is 0 Å². The van der Waals surface area contributed by atoms with Gasteiger partial charge in [0.05, 0.1) is 0 Å². The number of piperidine rings is 2. The average Bonchev–Trinajstić information content (AvgIpc) is 2.04. The molecule has 0 aromatic heterocycles. The quantitative estimate of drug-likeness (QED) is 0.534. The van der Waals surface area contributed by atoms with E-state index < -0.39 is 0 Å². The van der Waals surface area contributed by atoms with E-state index in [9.17, 15) is 0 Å². The molecular formula is C9H17IN2. The third kappa shape index (κ3) is 1.51. The number of halogens is 1. The number of nitrogens with zero attached hydrogens (tertiary/aromatic N) is 2. The highest BCUT2D eigenvalue weighted by Crippen LogP contribution is 2.31. The Morgan fingerprint density at radius 2 is 1.83 bits per heavy atom. The van der Waals surface area contributed by atoms with Crippen LogP contribution in [0, 0.1) is 0 Å². The average molecular weight is 280 g/mol. The van der Waals surface area contributed by atoms with Gasteiger partial charge in [-0.05, 0) is 26.7 Å². The van der Waals surface area contributed by atoms with Crippen molar-refractivity contribution in [2.24, 2.45) is 0 Å². The summed E-state index contributed by atoms with van der Waals surface area (Å²) in [5.74, 6) is 0. The highest BCUT2D eigenvalue weighted by Gasteiger charge is 2.38. The van der Waals surface area contributed by atoms with Gasteiger partial charge in [0.1, 0.15) is 0 Å². The van der Waals surface area contributed by atoms with Crippen molar-refractivity contribution in [2.45, 2.75) is 44.8 Å². The summed E-state index contributed by atoms with van der Waals surface area (Å²) in [6.45, 7) is 7.21. The molecule has 2 unspecified atom stereocenters. The molecule has 12 heavy (non-hydrogen) atoms. The van der Waals surface area contributed by atoms with Gasteiger partial charge in [-0.3, -0.25) is 4.90 Å². The van der Waals surface area contributed by atoms with Crippen molar-refractivity contribution < 1.29 is 0 Å². The minimum absolute atomic E-state index is 0.739. The Bertz CT molecular complexity index is 172. The summed E-state index contributed by atoms with van der Waals surface area (Å²) in [6, 6.07) is 2.41. The summed E-state index contributed by atoms with van der Waals surface area (Å²) in [7, 11) is 0. The zero-order valence-electron chi connectivity index (χ0n) is 7.83. The topological polar surface area (TPSA) is 6.48 Å². The van der Waals surface area contributed by atoms with Gasteiger partial charge in [-0.2, -0.15) is 0 Å². The van der Waals surface area contributed by atoms with Gasteiger partial charge < -0.3 is 0 Å². The van der Waals surface area contributed by atoms with E-state index in [1.807, 2.05) is 0 Å². The normalized spacial score (nSPS) is 38.0. The Hall–Kier alpha value is 0.650. The third-order valence-electron chi connectivity index (χ3n) is 3.17. The van der Waals surface area contributed by atoms with Crippen molar-refractivity contribution in [1.82, 2.24) is 8.01 Å². The smallest absolute Gasteiger partial charge is 0.0323 e. The first kappa shape index (κ1) is 9.21. The molecule has 0 radical (unpaired) electrons. The first-order valence-electron chi connectivity index (χ1n) is 4.86. The van der Waals surface area contributed by atoms with Crippen LogP contribution in [0.15, 0.2) is 0 Å². The van der Waals surface area contributed by atoms with Gasteiger partial charge in [0, 0.05) is 54.1 Å². The summed E-state index contributed by atoms with van der Waals surface area (Å²) in [5, 5.41) is 0.